The summed E-state index contributed by atoms with van der Waals surface area (Å²) in [5.74, 6) is 1.33. The Labute approximate surface area is 150 Å². The van der Waals surface area contributed by atoms with Crippen molar-refractivity contribution in [2.45, 2.75) is 44.8 Å². The van der Waals surface area contributed by atoms with Gasteiger partial charge in [-0.25, -0.2) is 0 Å². The number of hydrogen-bond acceptors (Lipinski definition) is 5. The number of ether oxygens (including phenoxy) is 2. The summed E-state index contributed by atoms with van der Waals surface area (Å²) in [5, 5.41) is 14.1. The van der Waals surface area contributed by atoms with E-state index in [1.165, 1.54) is 0 Å². The highest BCUT2D eigenvalue weighted by Crippen LogP contribution is 2.39. The predicted octanol–water partition coefficient (Wildman–Crippen LogP) is 1.90. The molecule has 1 aromatic carbocycles. The summed E-state index contributed by atoms with van der Waals surface area (Å²) in [7, 11) is 3.19. The van der Waals surface area contributed by atoms with Crippen LogP contribution in [-0.4, -0.2) is 55.3 Å². The van der Waals surface area contributed by atoms with Crippen LogP contribution in [0.25, 0.3) is 0 Å². The molecule has 6 nitrogen and oxygen atoms in total. The van der Waals surface area contributed by atoms with Crippen molar-refractivity contribution < 1.29 is 19.4 Å². The zero-order valence-electron chi connectivity index (χ0n) is 15.9. The number of hydrogen-bond donors (Lipinski definition) is 2. The van der Waals surface area contributed by atoms with Gasteiger partial charge in [-0.1, -0.05) is 0 Å². The zero-order chi connectivity index (χ0) is 18.7. The monoisotopic (exact) mass is 350 g/mol. The van der Waals surface area contributed by atoms with Crippen molar-refractivity contribution >= 4 is 5.91 Å². The van der Waals surface area contributed by atoms with Gasteiger partial charge >= 0.3 is 0 Å². The van der Waals surface area contributed by atoms with E-state index in [2.05, 4.69) is 10.2 Å². The summed E-state index contributed by atoms with van der Waals surface area (Å²) in [5.41, 5.74) is -0.409. The number of carbonyl (C=O) groups excluding carboxylic acids is 1. The molecule has 25 heavy (non-hydrogen) atoms. The van der Waals surface area contributed by atoms with E-state index in [0.29, 0.717) is 44.0 Å². The molecular weight excluding hydrogens is 320 g/mol. The van der Waals surface area contributed by atoms with Gasteiger partial charge in [-0.05, 0) is 45.7 Å². The lowest BCUT2D eigenvalue weighted by molar-refractivity contribution is -0.125. The molecule has 1 aromatic rings. The number of rotatable bonds is 5. The first-order chi connectivity index (χ1) is 11.7. The number of amides is 1. The molecular formula is C19H30N2O4. The van der Waals surface area contributed by atoms with E-state index in [-0.39, 0.29) is 11.4 Å². The molecule has 0 unspecified atom stereocenters. The molecule has 140 valence electrons. The molecule has 1 amide bonds. The number of methoxy groups -OCH3 is 2. The molecule has 1 heterocycles. The second kappa shape index (κ2) is 7.62. The zero-order valence-corrected chi connectivity index (χ0v) is 15.9. The fourth-order valence-electron chi connectivity index (χ4n) is 3.19. The molecule has 1 fully saturated rings. The number of carbonyl (C=O) groups is 1. The molecule has 0 saturated carbocycles. The average Bonchev–Trinajstić information content (AvgIpc) is 2.54. The molecule has 1 saturated heterocycles. The van der Waals surface area contributed by atoms with Gasteiger partial charge in [0.1, 0.15) is 11.5 Å². The van der Waals surface area contributed by atoms with E-state index in [4.69, 9.17) is 9.47 Å². The Morgan fingerprint density at radius 2 is 1.88 bits per heavy atom. The Morgan fingerprint density at radius 3 is 2.40 bits per heavy atom. The maximum atomic E-state index is 12.1. The van der Waals surface area contributed by atoms with Crippen LogP contribution in [0.15, 0.2) is 18.2 Å². The topological polar surface area (TPSA) is 71.0 Å². The van der Waals surface area contributed by atoms with E-state index in [1.807, 2.05) is 32.9 Å². The van der Waals surface area contributed by atoms with Crippen LogP contribution < -0.4 is 14.8 Å². The first kappa shape index (κ1) is 19.5. The molecule has 0 aromatic heterocycles. The van der Waals surface area contributed by atoms with Gasteiger partial charge in [-0.2, -0.15) is 0 Å². The molecule has 1 aliphatic rings. The highest BCUT2D eigenvalue weighted by Gasteiger charge is 2.36. The molecule has 0 radical (unpaired) electrons. The second-order valence-electron chi connectivity index (χ2n) is 7.67. The van der Waals surface area contributed by atoms with Crippen LogP contribution in [0, 0.1) is 0 Å². The molecule has 0 aliphatic carbocycles. The first-order valence-corrected chi connectivity index (χ1v) is 8.65. The van der Waals surface area contributed by atoms with Gasteiger partial charge in [0.05, 0.1) is 26.4 Å². The lowest BCUT2D eigenvalue weighted by Gasteiger charge is -2.39. The minimum absolute atomic E-state index is 0.0139. The normalized spacial score (nSPS) is 17.8. The summed E-state index contributed by atoms with van der Waals surface area (Å²) in [6.07, 6.45) is 1.11. The van der Waals surface area contributed by atoms with Gasteiger partial charge in [-0.15, -0.1) is 0 Å². The summed E-state index contributed by atoms with van der Waals surface area (Å²) in [6, 6.07) is 5.48. The van der Waals surface area contributed by atoms with Gasteiger partial charge in [0.2, 0.25) is 5.91 Å². The Morgan fingerprint density at radius 1 is 1.24 bits per heavy atom. The maximum Gasteiger partial charge on any atom is 0.234 e. The molecule has 6 heteroatoms. The minimum Gasteiger partial charge on any atom is -0.497 e. The molecule has 2 rings (SSSR count). The summed E-state index contributed by atoms with van der Waals surface area (Å²) in [4.78, 5) is 14.2. The molecule has 0 bridgehead atoms. The van der Waals surface area contributed by atoms with E-state index < -0.39 is 5.60 Å². The SMILES string of the molecule is COc1ccc(C2(O)CCN(CC(=O)NC(C)(C)C)CC2)c(OC)c1. The predicted molar refractivity (Wildman–Crippen MR) is 97.0 cm³/mol. The second-order valence-corrected chi connectivity index (χ2v) is 7.67. The number of piperidine rings is 1. The fourth-order valence-corrected chi connectivity index (χ4v) is 3.19. The standard InChI is InChI=1S/C19H30N2O4/c1-18(2,3)20-17(22)13-21-10-8-19(23,9-11-21)15-7-6-14(24-4)12-16(15)25-5/h6-7,12,23H,8-11,13H2,1-5H3,(H,20,22). The van der Waals surface area contributed by atoms with Gasteiger partial charge in [0.15, 0.2) is 0 Å². The van der Waals surface area contributed by atoms with Crippen molar-refractivity contribution in [2.75, 3.05) is 33.9 Å². The van der Waals surface area contributed by atoms with Gasteiger partial charge < -0.3 is 19.9 Å². The van der Waals surface area contributed by atoms with E-state index in [1.54, 1.807) is 20.3 Å². The summed E-state index contributed by atoms with van der Waals surface area (Å²) >= 11 is 0. The lowest BCUT2D eigenvalue weighted by Crippen LogP contribution is -2.49. The highest BCUT2D eigenvalue weighted by atomic mass is 16.5. The quantitative estimate of drug-likeness (QED) is 0.849. The Balaban J connectivity index is 2.02. The first-order valence-electron chi connectivity index (χ1n) is 8.65. The number of likely N-dealkylation sites (tertiary alicyclic amines) is 1. The van der Waals surface area contributed by atoms with Crippen LogP contribution in [0.5, 0.6) is 11.5 Å². The Hall–Kier alpha value is -1.79. The summed E-state index contributed by atoms with van der Waals surface area (Å²) < 4.78 is 10.7. The van der Waals surface area contributed by atoms with Crippen molar-refractivity contribution in [3.05, 3.63) is 23.8 Å². The smallest absolute Gasteiger partial charge is 0.234 e. The van der Waals surface area contributed by atoms with Crippen LogP contribution in [0.3, 0.4) is 0 Å². The van der Waals surface area contributed by atoms with Crippen molar-refractivity contribution in [2.24, 2.45) is 0 Å². The van der Waals surface area contributed by atoms with Gasteiger partial charge in [0.25, 0.3) is 0 Å². The molecule has 0 spiro atoms. The number of nitrogens with zero attached hydrogens (tertiary/aromatic N) is 1. The highest BCUT2D eigenvalue weighted by molar-refractivity contribution is 5.78. The van der Waals surface area contributed by atoms with Crippen LogP contribution in [-0.2, 0) is 10.4 Å². The largest absolute Gasteiger partial charge is 0.497 e. The van der Waals surface area contributed by atoms with Crippen LogP contribution in [0.4, 0.5) is 0 Å². The van der Waals surface area contributed by atoms with Crippen molar-refractivity contribution in [3.63, 3.8) is 0 Å². The van der Waals surface area contributed by atoms with E-state index in [9.17, 15) is 9.90 Å². The van der Waals surface area contributed by atoms with Crippen molar-refractivity contribution in [1.82, 2.24) is 10.2 Å². The molecule has 2 N–H and O–H groups in total. The Kier molecular flexibility index (Phi) is 5.95. The number of nitrogens with one attached hydrogen (secondary N) is 1. The van der Waals surface area contributed by atoms with Gasteiger partial charge in [-0.3, -0.25) is 9.69 Å². The maximum absolute atomic E-state index is 12.1. The molecule has 0 atom stereocenters. The van der Waals surface area contributed by atoms with Crippen LogP contribution in [0.2, 0.25) is 0 Å². The third-order valence-corrected chi connectivity index (χ3v) is 4.47. The van der Waals surface area contributed by atoms with Crippen LogP contribution >= 0.6 is 0 Å². The third-order valence-electron chi connectivity index (χ3n) is 4.47. The van der Waals surface area contributed by atoms with Crippen molar-refractivity contribution in [1.29, 1.82) is 0 Å². The Bertz CT molecular complexity index is 602. The number of benzene rings is 1. The lowest BCUT2D eigenvalue weighted by atomic mass is 9.83. The number of aliphatic hydroxyl groups is 1. The third kappa shape index (κ3) is 5.09. The van der Waals surface area contributed by atoms with E-state index >= 15 is 0 Å². The molecule has 1 aliphatic heterocycles. The summed E-state index contributed by atoms with van der Waals surface area (Å²) in [6.45, 7) is 7.57. The van der Waals surface area contributed by atoms with Crippen molar-refractivity contribution in [3.8, 4) is 11.5 Å². The fraction of sp³-hybridized carbons (Fsp3) is 0.632. The average molecular weight is 350 g/mol. The minimum atomic E-state index is -0.950. The van der Waals surface area contributed by atoms with Crippen LogP contribution in [0.1, 0.15) is 39.2 Å². The van der Waals surface area contributed by atoms with Gasteiger partial charge in [0, 0.05) is 30.3 Å². The van der Waals surface area contributed by atoms with E-state index in [0.717, 1.165) is 5.56 Å².